The summed E-state index contributed by atoms with van der Waals surface area (Å²) in [6.07, 6.45) is 2.27. The smallest absolute Gasteiger partial charge is 0.335 e. The fraction of sp³-hybridized carbons (Fsp3) is 0.367. The second-order valence-corrected chi connectivity index (χ2v) is 10.2. The number of hydrogen-bond donors (Lipinski definition) is 2. The van der Waals surface area contributed by atoms with E-state index >= 15 is 0 Å². The average molecular weight is 572 g/mol. The van der Waals surface area contributed by atoms with Gasteiger partial charge in [0, 0.05) is 30.6 Å². The van der Waals surface area contributed by atoms with Crippen LogP contribution in [0.25, 0.3) is 28.2 Å². The molecule has 0 bridgehead atoms. The number of aromatic amines is 1. The largest absolute Gasteiger partial charge is 0.479 e. The lowest BCUT2D eigenvalue weighted by molar-refractivity contribution is -0.163. The van der Waals surface area contributed by atoms with Gasteiger partial charge in [-0.05, 0) is 48.7 Å². The molecule has 4 aromatic rings. The van der Waals surface area contributed by atoms with Crippen LogP contribution in [-0.2, 0) is 37.5 Å². The van der Waals surface area contributed by atoms with Crippen LogP contribution < -0.4 is 0 Å². The number of carboxylic acid groups (broad SMARTS) is 1. The van der Waals surface area contributed by atoms with Gasteiger partial charge in [0.1, 0.15) is 12.2 Å². The van der Waals surface area contributed by atoms with Gasteiger partial charge in [0.05, 0.1) is 18.0 Å². The normalized spacial score (nSPS) is 16.2. The molecule has 218 valence electrons. The lowest BCUT2D eigenvalue weighted by atomic mass is 9.87. The van der Waals surface area contributed by atoms with E-state index < -0.39 is 29.8 Å². The first-order chi connectivity index (χ1) is 20.3. The number of hydrogen-bond acceptors (Lipinski definition) is 8. The van der Waals surface area contributed by atoms with Gasteiger partial charge in [0.25, 0.3) is 0 Å². The Hall–Kier alpha value is -4.87. The average Bonchev–Trinajstić information content (AvgIpc) is 3.65. The van der Waals surface area contributed by atoms with Crippen LogP contribution in [0.5, 0.6) is 0 Å². The van der Waals surface area contributed by atoms with E-state index in [0.29, 0.717) is 30.1 Å². The van der Waals surface area contributed by atoms with Crippen molar-refractivity contribution in [3.63, 3.8) is 0 Å². The number of imidazole rings is 1. The number of aromatic nitrogens is 6. The third-order valence-corrected chi connectivity index (χ3v) is 7.61. The van der Waals surface area contributed by atoms with Gasteiger partial charge in [0.15, 0.2) is 5.54 Å². The molecule has 1 atom stereocenters. The number of nitrogens with zero attached hydrogens (tertiary/aromatic N) is 6. The number of fused-ring (bicyclic) bond motifs is 1. The summed E-state index contributed by atoms with van der Waals surface area (Å²) in [7, 11) is 0. The topological polar surface area (TPSA) is 156 Å². The van der Waals surface area contributed by atoms with Crippen molar-refractivity contribution in [1.82, 2.24) is 35.1 Å². The number of aliphatic carboxylic acids is 1. The zero-order chi connectivity index (χ0) is 29.9. The highest BCUT2D eigenvalue weighted by atomic mass is 16.5. The number of unbranched alkanes of at least 4 members (excludes halogenated alkanes) is 1. The van der Waals surface area contributed by atoms with Crippen molar-refractivity contribution >= 4 is 17.8 Å². The number of H-pyrrole nitrogens is 1. The van der Waals surface area contributed by atoms with E-state index in [-0.39, 0.29) is 13.2 Å². The van der Waals surface area contributed by atoms with Gasteiger partial charge in [-0.25, -0.2) is 9.78 Å². The molecule has 2 aromatic heterocycles. The molecule has 1 unspecified atom stereocenters. The van der Waals surface area contributed by atoms with Gasteiger partial charge in [-0.3, -0.25) is 14.2 Å². The molecular weight excluding hydrogens is 538 g/mol. The number of rotatable bonds is 10. The standard InChI is InChI=1S/C30H33N7O5/c1-4-6-11-24-31-23-16-17-36(25(38)18-26(39)42-5-2)30(3,29(40)41)27(23)37(24)20-14-12-19(13-15-20)21-9-7-8-10-22(21)28-32-34-35-33-28/h7-10,12-15H,4-6,11,16-18H2,1-3H3,(H,40,41)(H,32,33,34,35). The van der Waals surface area contributed by atoms with Crippen LogP contribution in [0, 0.1) is 0 Å². The zero-order valence-electron chi connectivity index (χ0n) is 23.8. The van der Waals surface area contributed by atoms with Gasteiger partial charge < -0.3 is 14.7 Å². The summed E-state index contributed by atoms with van der Waals surface area (Å²) in [4.78, 5) is 44.6. The molecule has 12 heteroatoms. The van der Waals surface area contributed by atoms with Crippen LogP contribution in [-0.4, -0.2) is 71.2 Å². The number of nitrogens with one attached hydrogen (secondary N) is 1. The Balaban J connectivity index is 1.60. The van der Waals surface area contributed by atoms with E-state index in [1.165, 1.54) is 11.8 Å². The lowest BCUT2D eigenvalue weighted by Gasteiger charge is -2.42. The number of tetrazole rings is 1. The van der Waals surface area contributed by atoms with E-state index in [0.717, 1.165) is 41.0 Å². The molecule has 0 radical (unpaired) electrons. The van der Waals surface area contributed by atoms with Gasteiger partial charge in [-0.1, -0.05) is 49.7 Å². The molecule has 3 heterocycles. The summed E-state index contributed by atoms with van der Waals surface area (Å²) in [5, 5.41) is 25.0. The fourth-order valence-corrected chi connectivity index (χ4v) is 5.56. The summed E-state index contributed by atoms with van der Waals surface area (Å²) in [6, 6.07) is 15.5. The lowest BCUT2D eigenvalue weighted by Crippen LogP contribution is -2.57. The van der Waals surface area contributed by atoms with E-state index in [1.54, 1.807) is 6.92 Å². The molecule has 0 spiro atoms. The molecule has 0 saturated carbocycles. The summed E-state index contributed by atoms with van der Waals surface area (Å²) < 4.78 is 6.83. The van der Waals surface area contributed by atoms with Crippen molar-refractivity contribution in [2.75, 3.05) is 13.2 Å². The van der Waals surface area contributed by atoms with E-state index in [1.807, 2.05) is 53.1 Å². The summed E-state index contributed by atoms with van der Waals surface area (Å²) >= 11 is 0. The van der Waals surface area contributed by atoms with Crippen LogP contribution in [0.15, 0.2) is 48.5 Å². The molecular formula is C30H33N7O5. The minimum absolute atomic E-state index is 0.129. The number of amides is 1. The van der Waals surface area contributed by atoms with Crippen molar-refractivity contribution < 1.29 is 24.2 Å². The summed E-state index contributed by atoms with van der Waals surface area (Å²) in [5.41, 5.74) is 2.67. The highest BCUT2D eigenvalue weighted by Gasteiger charge is 2.51. The molecule has 1 aliphatic heterocycles. The Kier molecular flexibility index (Phi) is 8.14. The third-order valence-electron chi connectivity index (χ3n) is 7.61. The molecule has 0 aliphatic carbocycles. The van der Waals surface area contributed by atoms with E-state index in [9.17, 15) is 19.5 Å². The number of esters is 1. The van der Waals surface area contributed by atoms with Crippen LogP contribution in [0.4, 0.5) is 0 Å². The maximum Gasteiger partial charge on any atom is 0.335 e. The number of carboxylic acids is 1. The molecule has 5 rings (SSSR count). The molecule has 1 aliphatic rings. The third kappa shape index (κ3) is 5.15. The van der Waals surface area contributed by atoms with Crippen LogP contribution in [0.1, 0.15) is 57.2 Å². The monoisotopic (exact) mass is 571 g/mol. The Labute approximate surface area is 242 Å². The van der Waals surface area contributed by atoms with Crippen LogP contribution >= 0.6 is 0 Å². The number of benzene rings is 2. The zero-order valence-corrected chi connectivity index (χ0v) is 23.8. The molecule has 0 saturated heterocycles. The SMILES string of the molecule is CCCCc1nc2c(n1-c1ccc(-c3ccccc3-c3nn[nH]n3)cc1)C(C)(C(=O)O)N(C(=O)CC(=O)OCC)CC2. The van der Waals surface area contributed by atoms with E-state index in [2.05, 4.69) is 27.5 Å². The molecule has 2 N–H and O–H groups in total. The van der Waals surface area contributed by atoms with Gasteiger partial charge in [-0.2, -0.15) is 5.21 Å². The maximum absolute atomic E-state index is 13.3. The van der Waals surface area contributed by atoms with Crippen LogP contribution in [0.2, 0.25) is 0 Å². The second kappa shape index (κ2) is 11.9. The van der Waals surface area contributed by atoms with Gasteiger partial charge >= 0.3 is 11.9 Å². The van der Waals surface area contributed by atoms with Crippen molar-refractivity contribution in [2.24, 2.45) is 0 Å². The first-order valence-corrected chi connectivity index (χ1v) is 14.0. The van der Waals surface area contributed by atoms with Crippen molar-refractivity contribution in [2.45, 2.75) is 58.4 Å². The Bertz CT molecular complexity index is 1600. The molecule has 2 aromatic carbocycles. The molecule has 1 amide bonds. The second-order valence-electron chi connectivity index (χ2n) is 10.2. The first kappa shape index (κ1) is 28.7. The van der Waals surface area contributed by atoms with Crippen LogP contribution in [0.3, 0.4) is 0 Å². The van der Waals surface area contributed by atoms with E-state index in [4.69, 9.17) is 9.72 Å². The molecule has 12 nitrogen and oxygen atoms in total. The Morgan fingerprint density at radius 1 is 1.07 bits per heavy atom. The first-order valence-electron chi connectivity index (χ1n) is 14.0. The maximum atomic E-state index is 13.3. The summed E-state index contributed by atoms with van der Waals surface area (Å²) in [5.74, 6) is -1.27. The fourth-order valence-electron chi connectivity index (χ4n) is 5.56. The Morgan fingerprint density at radius 2 is 1.81 bits per heavy atom. The predicted octanol–water partition coefficient (Wildman–Crippen LogP) is 3.70. The summed E-state index contributed by atoms with van der Waals surface area (Å²) in [6.45, 7) is 5.51. The number of ether oxygens (including phenoxy) is 1. The predicted molar refractivity (Wildman–Crippen MR) is 152 cm³/mol. The Morgan fingerprint density at radius 3 is 2.45 bits per heavy atom. The quantitative estimate of drug-likeness (QED) is 0.214. The molecule has 42 heavy (non-hydrogen) atoms. The van der Waals surface area contributed by atoms with Crippen molar-refractivity contribution in [3.8, 4) is 28.2 Å². The number of carbonyl (C=O) groups excluding carboxylic acids is 2. The number of carbonyl (C=O) groups is 3. The van der Waals surface area contributed by atoms with Gasteiger partial charge in [-0.15, -0.1) is 10.2 Å². The molecule has 0 fully saturated rings. The minimum atomic E-state index is -1.75. The highest BCUT2D eigenvalue weighted by Crippen LogP contribution is 2.39. The number of aryl methyl sites for hydroxylation is 1. The highest BCUT2D eigenvalue weighted by molar-refractivity contribution is 5.97. The van der Waals surface area contributed by atoms with Crippen molar-refractivity contribution in [1.29, 1.82) is 0 Å². The minimum Gasteiger partial charge on any atom is -0.479 e. The van der Waals surface area contributed by atoms with Crippen molar-refractivity contribution in [3.05, 3.63) is 65.7 Å². The van der Waals surface area contributed by atoms with Gasteiger partial charge in [0.2, 0.25) is 11.7 Å².